The van der Waals surface area contributed by atoms with Gasteiger partial charge in [0.15, 0.2) is 0 Å². The molecule has 0 spiro atoms. The molecule has 0 aliphatic carbocycles. The topological polar surface area (TPSA) is 78.2 Å². The predicted molar refractivity (Wildman–Crippen MR) is 30.7 cm³/mol. The van der Waals surface area contributed by atoms with Crippen LogP contribution in [-0.2, 0) is 4.79 Å². The molecule has 5 heteroatoms. The third-order valence-electron chi connectivity index (χ3n) is 0.801. The lowest BCUT2D eigenvalue weighted by Crippen LogP contribution is -2.10. The van der Waals surface area contributed by atoms with Crippen molar-refractivity contribution < 1.29 is 4.79 Å². The summed E-state index contributed by atoms with van der Waals surface area (Å²) in [7, 11) is 0. The van der Waals surface area contributed by atoms with Gasteiger partial charge >= 0.3 is 0 Å². The molecule has 0 atom stereocenters. The third-order valence-corrected chi connectivity index (χ3v) is 0.801. The highest BCUT2D eigenvalue weighted by Crippen LogP contribution is 1.97. The summed E-state index contributed by atoms with van der Waals surface area (Å²) < 4.78 is 0. The summed E-state index contributed by atoms with van der Waals surface area (Å²) in [4.78, 5) is 16.2. The van der Waals surface area contributed by atoms with Crippen LogP contribution < -0.4 is 0 Å². The van der Waals surface area contributed by atoms with Crippen molar-refractivity contribution in [2.45, 2.75) is 0 Å². The van der Waals surface area contributed by atoms with Crippen molar-refractivity contribution in [3.8, 4) is 0 Å². The van der Waals surface area contributed by atoms with Crippen LogP contribution in [0.2, 0.25) is 0 Å². The van der Waals surface area contributed by atoms with Crippen molar-refractivity contribution in [1.29, 1.82) is 0 Å². The van der Waals surface area contributed by atoms with E-state index < -0.39 is 5.91 Å². The second-order valence-electron chi connectivity index (χ2n) is 1.32. The summed E-state index contributed by atoms with van der Waals surface area (Å²) in [5, 5.41) is 2.81. The fourth-order valence-electron chi connectivity index (χ4n) is 0.367. The summed E-state index contributed by atoms with van der Waals surface area (Å²) in [5.74, 6) is -0.625. The molecular formula is C4H2N4O. The van der Waals surface area contributed by atoms with E-state index in [1.807, 2.05) is 0 Å². The fourth-order valence-corrected chi connectivity index (χ4v) is 0.367. The normalized spacial score (nSPS) is 13.1. The van der Waals surface area contributed by atoms with Gasteiger partial charge < -0.3 is 0 Å². The van der Waals surface area contributed by atoms with Crippen molar-refractivity contribution in [1.82, 2.24) is 0 Å². The quantitative estimate of drug-likeness (QED) is 0.287. The molecule has 0 saturated heterocycles. The average molecular weight is 122 g/mol. The molecule has 5 nitrogen and oxygen atoms in total. The first-order valence-electron chi connectivity index (χ1n) is 2.18. The number of carbonyl (C=O) groups is 1. The minimum atomic E-state index is -0.625. The van der Waals surface area contributed by atoms with E-state index >= 15 is 0 Å². The molecule has 44 valence electrons. The molecule has 1 heterocycles. The van der Waals surface area contributed by atoms with Crippen molar-refractivity contribution in [3.05, 3.63) is 22.7 Å². The van der Waals surface area contributed by atoms with Gasteiger partial charge in [-0.3, -0.25) is 9.79 Å². The number of rotatable bonds is 1. The molecule has 9 heavy (non-hydrogen) atoms. The number of carbonyl (C=O) groups excluding carboxylic acids is 1. The molecule has 1 rings (SSSR count). The van der Waals surface area contributed by atoms with Gasteiger partial charge in [-0.2, -0.15) is 0 Å². The lowest BCUT2D eigenvalue weighted by atomic mass is 10.3. The standard InChI is InChI=1S/C4H2N4O/c5-8-7-4(9)3-1-2-6-3/h1-2H. The Bertz CT molecular complexity index is 245. The van der Waals surface area contributed by atoms with E-state index in [9.17, 15) is 4.79 Å². The molecule has 0 aromatic heterocycles. The molecule has 1 aliphatic rings. The van der Waals surface area contributed by atoms with E-state index in [-0.39, 0.29) is 5.71 Å². The van der Waals surface area contributed by atoms with Crippen LogP contribution in [0.25, 0.3) is 10.4 Å². The largest absolute Gasteiger partial charge is 0.285 e. The van der Waals surface area contributed by atoms with E-state index in [1.54, 1.807) is 0 Å². The number of azide groups is 1. The second-order valence-corrected chi connectivity index (χ2v) is 1.32. The summed E-state index contributed by atoms with van der Waals surface area (Å²) in [5.41, 5.74) is 7.98. The molecule has 1 amide bonds. The zero-order valence-electron chi connectivity index (χ0n) is 4.35. The molecule has 0 radical (unpaired) electrons. The van der Waals surface area contributed by atoms with E-state index in [1.165, 1.54) is 12.3 Å². The Hall–Kier alpha value is -1.61. The monoisotopic (exact) mass is 122 g/mol. The van der Waals surface area contributed by atoms with Gasteiger partial charge in [-0.1, -0.05) is 0 Å². The predicted octanol–water partition coefficient (Wildman–Crippen LogP) is 0.792. The van der Waals surface area contributed by atoms with Gasteiger partial charge in [0.1, 0.15) is 5.71 Å². The van der Waals surface area contributed by atoms with Crippen LogP contribution in [0.5, 0.6) is 0 Å². The Balaban J connectivity index is 2.64. The average Bonchev–Trinajstić information content (AvgIpc) is 1.60. The minimum absolute atomic E-state index is 0.216. The van der Waals surface area contributed by atoms with Gasteiger partial charge in [0.2, 0.25) is 0 Å². The van der Waals surface area contributed by atoms with Crippen LogP contribution in [0.4, 0.5) is 0 Å². The van der Waals surface area contributed by atoms with Crippen molar-refractivity contribution in [2.24, 2.45) is 10.1 Å². The maximum Gasteiger partial charge on any atom is 0.267 e. The summed E-state index contributed by atoms with van der Waals surface area (Å²) in [6.07, 6.45) is 2.94. The first-order valence-corrected chi connectivity index (χ1v) is 2.18. The van der Waals surface area contributed by atoms with Gasteiger partial charge in [0.25, 0.3) is 5.91 Å². The lowest BCUT2D eigenvalue weighted by molar-refractivity contribution is -0.111. The third kappa shape index (κ3) is 0.949. The molecule has 0 N–H and O–H groups in total. The van der Waals surface area contributed by atoms with Crippen LogP contribution in [0.1, 0.15) is 0 Å². The Morgan fingerprint density at radius 2 is 2.56 bits per heavy atom. The smallest absolute Gasteiger partial charge is 0.267 e. The molecule has 0 fully saturated rings. The molecule has 0 bridgehead atoms. The molecule has 0 saturated carbocycles. The number of hydrogen-bond donors (Lipinski definition) is 0. The van der Waals surface area contributed by atoms with Crippen LogP contribution in [0, 0.1) is 0 Å². The maximum atomic E-state index is 10.4. The highest BCUT2D eigenvalue weighted by Gasteiger charge is 2.08. The van der Waals surface area contributed by atoms with Crippen LogP contribution in [0.15, 0.2) is 22.4 Å². The van der Waals surface area contributed by atoms with E-state index in [0.717, 1.165) is 0 Å². The van der Waals surface area contributed by atoms with E-state index in [2.05, 4.69) is 15.0 Å². The second kappa shape index (κ2) is 2.11. The summed E-state index contributed by atoms with van der Waals surface area (Å²) >= 11 is 0. The first kappa shape index (κ1) is 5.53. The maximum absolute atomic E-state index is 10.4. The highest BCUT2D eigenvalue weighted by molar-refractivity contribution is 6.45. The zero-order valence-corrected chi connectivity index (χ0v) is 4.35. The van der Waals surface area contributed by atoms with Crippen molar-refractivity contribution in [3.63, 3.8) is 0 Å². The van der Waals surface area contributed by atoms with E-state index in [0.29, 0.717) is 0 Å². The molecule has 0 aromatic rings. The Morgan fingerprint density at radius 1 is 1.89 bits per heavy atom. The minimum Gasteiger partial charge on any atom is -0.285 e. The number of nitrogens with zero attached hydrogens (tertiary/aromatic N) is 4. The molecular weight excluding hydrogens is 120 g/mol. The number of amides is 1. The van der Waals surface area contributed by atoms with Crippen molar-refractivity contribution in [2.75, 3.05) is 0 Å². The Morgan fingerprint density at radius 3 is 2.89 bits per heavy atom. The number of hydrogen-bond acceptors (Lipinski definition) is 2. The fraction of sp³-hybridized carbons (Fsp3) is 0. The summed E-state index contributed by atoms with van der Waals surface area (Å²) in [6, 6.07) is 0. The van der Waals surface area contributed by atoms with Crippen molar-refractivity contribution >= 4 is 11.6 Å². The van der Waals surface area contributed by atoms with Gasteiger partial charge in [-0.25, -0.2) is 0 Å². The highest BCUT2D eigenvalue weighted by atomic mass is 16.1. The molecule has 1 aliphatic heterocycles. The lowest BCUT2D eigenvalue weighted by Gasteiger charge is -1.96. The van der Waals surface area contributed by atoms with Gasteiger partial charge in [0.05, 0.1) is 0 Å². The zero-order chi connectivity index (χ0) is 6.69. The van der Waals surface area contributed by atoms with E-state index in [4.69, 9.17) is 5.53 Å². The van der Waals surface area contributed by atoms with Crippen LogP contribution >= 0.6 is 0 Å². The Labute approximate surface area is 50.3 Å². The van der Waals surface area contributed by atoms with Crippen LogP contribution in [0.3, 0.4) is 0 Å². The Kier molecular flexibility index (Phi) is 1.29. The first-order chi connectivity index (χ1) is 4.34. The van der Waals surface area contributed by atoms with Gasteiger partial charge in [-0.15, -0.1) is 0 Å². The van der Waals surface area contributed by atoms with Crippen LogP contribution in [-0.4, -0.2) is 11.6 Å². The van der Waals surface area contributed by atoms with Gasteiger partial charge in [0, 0.05) is 11.1 Å². The van der Waals surface area contributed by atoms with Gasteiger partial charge in [-0.05, 0) is 16.7 Å². The summed E-state index contributed by atoms with van der Waals surface area (Å²) in [6.45, 7) is 0. The SMILES string of the molecule is [N-]=[N+]=NC(=O)C1=NC=C1. The number of aliphatic imine (C=N–C) groups is 1. The molecule has 0 unspecified atom stereocenters. The molecule has 0 aromatic carbocycles.